The summed E-state index contributed by atoms with van der Waals surface area (Å²) in [5.41, 5.74) is 2.44. The molecule has 6 nitrogen and oxygen atoms in total. The molecule has 0 saturated carbocycles. The SMILES string of the molecule is CCOC(=O)N1C(OCC)=NN=C(c2ccccc2)C1c1ccccc1. The Labute approximate surface area is 152 Å². The van der Waals surface area contributed by atoms with Crippen molar-refractivity contribution in [1.29, 1.82) is 0 Å². The van der Waals surface area contributed by atoms with Crippen LogP contribution in [0.4, 0.5) is 4.79 Å². The minimum atomic E-state index is -0.517. The molecule has 26 heavy (non-hydrogen) atoms. The van der Waals surface area contributed by atoms with Gasteiger partial charge in [0, 0.05) is 5.56 Å². The second-order valence-corrected chi connectivity index (χ2v) is 5.55. The number of ether oxygens (including phenoxy) is 2. The number of nitrogens with zero attached hydrogens (tertiary/aromatic N) is 3. The molecular formula is C20H21N3O3. The predicted octanol–water partition coefficient (Wildman–Crippen LogP) is 4.00. The monoisotopic (exact) mass is 351 g/mol. The number of hydrogen-bond acceptors (Lipinski definition) is 5. The van der Waals surface area contributed by atoms with Crippen molar-refractivity contribution in [3.05, 3.63) is 71.8 Å². The van der Waals surface area contributed by atoms with Gasteiger partial charge in [0.05, 0.1) is 18.9 Å². The maximum absolute atomic E-state index is 12.7. The van der Waals surface area contributed by atoms with Gasteiger partial charge in [-0.15, -0.1) is 5.10 Å². The number of carbonyl (C=O) groups excluding carboxylic acids is 1. The van der Waals surface area contributed by atoms with Crippen molar-refractivity contribution in [2.75, 3.05) is 13.2 Å². The molecule has 1 amide bonds. The van der Waals surface area contributed by atoms with Crippen LogP contribution in [0.3, 0.4) is 0 Å². The molecule has 2 aromatic rings. The van der Waals surface area contributed by atoms with Gasteiger partial charge in [0.15, 0.2) is 0 Å². The van der Waals surface area contributed by atoms with Crippen LogP contribution in [-0.4, -0.2) is 35.9 Å². The van der Waals surface area contributed by atoms with Crippen LogP contribution in [-0.2, 0) is 9.47 Å². The van der Waals surface area contributed by atoms with Crippen molar-refractivity contribution >= 4 is 17.8 Å². The summed E-state index contributed by atoms with van der Waals surface area (Å²) in [5, 5.41) is 8.53. The lowest BCUT2D eigenvalue weighted by molar-refractivity contribution is 0.111. The standard InChI is InChI=1S/C20H21N3O3/c1-3-25-19-22-21-17(15-11-7-5-8-12-15)18(16-13-9-6-10-14-16)23(19)20(24)26-4-2/h5-14,18H,3-4H2,1-2H3. The van der Waals surface area contributed by atoms with Crippen molar-refractivity contribution < 1.29 is 14.3 Å². The highest BCUT2D eigenvalue weighted by molar-refractivity contribution is 6.10. The normalized spacial score (nSPS) is 16.5. The van der Waals surface area contributed by atoms with Gasteiger partial charge >= 0.3 is 12.1 Å². The van der Waals surface area contributed by atoms with Crippen LogP contribution in [0.1, 0.15) is 31.0 Å². The van der Waals surface area contributed by atoms with E-state index in [-0.39, 0.29) is 12.6 Å². The minimum absolute atomic E-state index is 0.138. The summed E-state index contributed by atoms with van der Waals surface area (Å²) < 4.78 is 10.8. The maximum atomic E-state index is 12.7. The molecule has 1 atom stereocenters. The Morgan fingerprint density at radius 3 is 2.23 bits per heavy atom. The fraction of sp³-hybridized carbons (Fsp3) is 0.250. The molecule has 0 bridgehead atoms. The van der Waals surface area contributed by atoms with Gasteiger partial charge in [0.1, 0.15) is 6.04 Å². The van der Waals surface area contributed by atoms with Crippen molar-refractivity contribution in [3.8, 4) is 0 Å². The first-order valence-corrected chi connectivity index (χ1v) is 8.61. The van der Waals surface area contributed by atoms with E-state index in [2.05, 4.69) is 10.2 Å². The number of amidine groups is 1. The number of benzene rings is 2. The first-order valence-electron chi connectivity index (χ1n) is 8.61. The quantitative estimate of drug-likeness (QED) is 0.836. The molecule has 0 saturated heterocycles. The van der Waals surface area contributed by atoms with E-state index in [0.29, 0.717) is 12.3 Å². The third-order valence-corrected chi connectivity index (χ3v) is 3.89. The second-order valence-electron chi connectivity index (χ2n) is 5.55. The van der Waals surface area contributed by atoms with Crippen LogP contribution in [0.15, 0.2) is 70.9 Å². The number of hydrogen-bond donors (Lipinski definition) is 0. The largest absolute Gasteiger partial charge is 0.464 e. The number of rotatable bonds is 4. The van der Waals surface area contributed by atoms with E-state index in [1.54, 1.807) is 6.92 Å². The van der Waals surface area contributed by atoms with Gasteiger partial charge in [-0.05, 0) is 19.4 Å². The van der Waals surface area contributed by atoms with Gasteiger partial charge < -0.3 is 9.47 Å². The molecule has 6 heteroatoms. The summed E-state index contributed by atoms with van der Waals surface area (Å²) in [7, 11) is 0. The van der Waals surface area contributed by atoms with Crippen molar-refractivity contribution in [3.63, 3.8) is 0 Å². The first-order chi connectivity index (χ1) is 12.8. The third-order valence-electron chi connectivity index (χ3n) is 3.89. The number of carbonyl (C=O) groups is 1. The molecule has 1 heterocycles. The van der Waals surface area contributed by atoms with Gasteiger partial charge in [-0.3, -0.25) is 0 Å². The smallest absolute Gasteiger partial charge is 0.418 e. The lowest BCUT2D eigenvalue weighted by Gasteiger charge is -2.33. The zero-order valence-electron chi connectivity index (χ0n) is 14.8. The van der Waals surface area contributed by atoms with Gasteiger partial charge in [0.2, 0.25) is 0 Å². The summed E-state index contributed by atoms with van der Waals surface area (Å²) in [6.07, 6.45) is -0.517. The lowest BCUT2D eigenvalue weighted by atomic mass is 9.95. The fourth-order valence-corrected chi connectivity index (χ4v) is 2.80. The van der Waals surface area contributed by atoms with Gasteiger partial charge in [0.25, 0.3) is 0 Å². The van der Waals surface area contributed by atoms with Crippen molar-refractivity contribution in [1.82, 2.24) is 4.90 Å². The molecule has 0 aliphatic carbocycles. The first kappa shape index (κ1) is 17.7. The van der Waals surface area contributed by atoms with Crippen molar-refractivity contribution in [2.45, 2.75) is 19.9 Å². The molecule has 134 valence electrons. The maximum Gasteiger partial charge on any atom is 0.418 e. The molecule has 0 N–H and O–H groups in total. The van der Waals surface area contributed by atoms with Gasteiger partial charge in [-0.2, -0.15) is 0 Å². The summed E-state index contributed by atoms with van der Waals surface area (Å²) in [4.78, 5) is 14.2. The molecule has 3 rings (SSSR count). The Hall–Kier alpha value is -3.15. The minimum Gasteiger partial charge on any atom is -0.464 e. The van der Waals surface area contributed by atoms with Crippen LogP contribution in [0.25, 0.3) is 0 Å². The summed E-state index contributed by atoms with van der Waals surface area (Å²) in [6.45, 7) is 4.23. The Morgan fingerprint density at radius 1 is 0.962 bits per heavy atom. The molecule has 1 unspecified atom stereocenters. The predicted molar refractivity (Wildman–Crippen MR) is 100 cm³/mol. The fourth-order valence-electron chi connectivity index (χ4n) is 2.80. The zero-order chi connectivity index (χ0) is 18.4. The lowest BCUT2D eigenvalue weighted by Crippen LogP contribution is -2.46. The molecule has 1 aliphatic rings. The second kappa shape index (κ2) is 8.29. The highest BCUT2D eigenvalue weighted by Crippen LogP contribution is 2.30. The molecule has 2 aromatic carbocycles. The molecule has 0 spiro atoms. The van der Waals surface area contributed by atoms with E-state index in [4.69, 9.17) is 9.47 Å². The molecule has 0 aromatic heterocycles. The van der Waals surface area contributed by atoms with Gasteiger partial charge in [-0.25, -0.2) is 9.69 Å². The van der Waals surface area contributed by atoms with Crippen LogP contribution < -0.4 is 0 Å². The summed E-state index contributed by atoms with van der Waals surface area (Å²) >= 11 is 0. The van der Waals surface area contributed by atoms with E-state index in [1.165, 1.54) is 4.90 Å². The topological polar surface area (TPSA) is 63.5 Å². The third kappa shape index (κ3) is 3.59. The Balaban J connectivity index is 2.13. The van der Waals surface area contributed by atoms with Crippen LogP contribution in [0.2, 0.25) is 0 Å². The van der Waals surface area contributed by atoms with E-state index in [9.17, 15) is 4.79 Å². The highest BCUT2D eigenvalue weighted by Gasteiger charge is 2.38. The van der Waals surface area contributed by atoms with E-state index >= 15 is 0 Å². The zero-order valence-corrected chi connectivity index (χ0v) is 14.8. The summed E-state index contributed by atoms with van der Waals surface area (Å²) in [5.74, 6) is 0. The Morgan fingerprint density at radius 2 is 1.62 bits per heavy atom. The summed E-state index contributed by atoms with van der Waals surface area (Å²) in [6, 6.07) is 19.0. The average molecular weight is 351 g/mol. The van der Waals surface area contributed by atoms with Crippen LogP contribution in [0, 0.1) is 0 Å². The van der Waals surface area contributed by atoms with Crippen molar-refractivity contribution in [2.24, 2.45) is 10.2 Å². The highest BCUT2D eigenvalue weighted by atomic mass is 16.6. The number of amides is 1. The molecule has 0 fully saturated rings. The molecular weight excluding hydrogens is 330 g/mol. The Bertz CT molecular complexity index is 804. The van der Waals surface area contributed by atoms with Crippen LogP contribution >= 0.6 is 0 Å². The van der Waals surface area contributed by atoms with E-state index in [0.717, 1.165) is 11.1 Å². The average Bonchev–Trinajstić information content (AvgIpc) is 2.69. The van der Waals surface area contributed by atoms with E-state index < -0.39 is 12.1 Å². The Kier molecular flexibility index (Phi) is 5.63. The molecule has 0 radical (unpaired) electrons. The van der Waals surface area contributed by atoms with Crippen LogP contribution in [0.5, 0.6) is 0 Å². The van der Waals surface area contributed by atoms with E-state index in [1.807, 2.05) is 67.6 Å². The van der Waals surface area contributed by atoms with Gasteiger partial charge in [-0.1, -0.05) is 65.8 Å². The molecule has 1 aliphatic heterocycles.